The molecule has 6 nitrogen and oxygen atoms in total. The number of benzene rings is 1. The summed E-state index contributed by atoms with van der Waals surface area (Å²) in [4.78, 5) is 12.0. The zero-order chi connectivity index (χ0) is 15.1. The van der Waals surface area contributed by atoms with Crippen molar-refractivity contribution in [2.24, 2.45) is 0 Å². The first-order valence-electron chi connectivity index (χ1n) is 6.76. The molecule has 0 fully saturated rings. The number of rotatable bonds is 7. The van der Waals surface area contributed by atoms with Gasteiger partial charge in [-0.1, -0.05) is 24.3 Å². The molecule has 21 heavy (non-hydrogen) atoms. The molecule has 0 bridgehead atoms. The summed E-state index contributed by atoms with van der Waals surface area (Å²) >= 11 is 0. The van der Waals surface area contributed by atoms with Crippen LogP contribution in [0.25, 0.3) is 11.4 Å². The van der Waals surface area contributed by atoms with E-state index in [1.54, 1.807) is 13.8 Å². The summed E-state index contributed by atoms with van der Waals surface area (Å²) in [5, 5.41) is 0. The summed E-state index contributed by atoms with van der Waals surface area (Å²) < 4.78 is 23.0. The molecule has 2 aromatic rings. The molecule has 0 radical (unpaired) electrons. The van der Waals surface area contributed by atoms with E-state index in [0.717, 1.165) is 11.1 Å². The summed E-state index contributed by atoms with van der Waals surface area (Å²) in [6.45, 7) is 4.32. The number of nitrogens with zero attached hydrogens (tertiary/aromatic N) is 3. The van der Waals surface area contributed by atoms with Crippen LogP contribution >= 0.6 is 7.60 Å². The third kappa shape index (κ3) is 4.43. The van der Waals surface area contributed by atoms with Crippen molar-refractivity contribution < 1.29 is 13.6 Å². The lowest BCUT2D eigenvalue weighted by Gasteiger charge is -2.17. The van der Waals surface area contributed by atoms with E-state index in [0.29, 0.717) is 19.0 Å². The van der Waals surface area contributed by atoms with Crippen LogP contribution < -0.4 is 0 Å². The molecular weight excluding hydrogens is 289 g/mol. The zero-order valence-electron chi connectivity index (χ0n) is 12.1. The van der Waals surface area contributed by atoms with Gasteiger partial charge in [0, 0.05) is 5.56 Å². The molecule has 0 saturated heterocycles. The van der Waals surface area contributed by atoms with E-state index in [1.165, 1.54) is 12.7 Å². The van der Waals surface area contributed by atoms with Crippen molar-refractivity contribution in [2.75, 3.05) is 13.2 Å². The fourth-order valence-corrected chi connectivity index (χ4v) is 3.59. The Labute approximate surface area is 124 Å². The van der Waals surface area contributed by atoms with Crippen LogP contribution in [-0.4, -0.2) is 28.2 Å². The van der Waals surface area contributed by atoms with Gasteiger partial charge in [0.25, 0.3) is 0 Å². The van der Waals surface area contributed by atoms with Crippen LogP contribution in [0.5, 0.6) is 0 Å². The Hall–Kier alpha value is -1.62. The molecule has 0 N–H and O–H groups in total. The fourth-order valence-electron chi connectivity index (χ4n) is 1.89. The van der Waals surface area contributed by atoms with E-state index in [-0.39, 0.29) is 6.16 Å². The van der Waals surface area contributed by atoms with Crippen LogP contribution in [0.2, 0.25) is 0 Å². The van der Waals surface area contributed by atoms with Gasteiger partial charge >= 0.3 is 7.60 Å². The molecule has 1 aromatic carbocycles. The topological polar surface area (TPSA) is 74.2 Å². The van der Waals surface area contributed by atoms with E-state index in [9.17, 15) is 4.57 Å². The van der Waals surface area contributed by atoms with E-state index >= 15 is 0 Å². The molecule has 112 valence electrons. The number of hydrogen-bond acceptors (Lipinski definition) is 6. The minimum Gasteiger partial charge on any atom is -0.309 e. The average Bonchev–Trinajstić information content (AvgIpc) is 2.49. The third-order valence-corrected chi connectivity index (χ3v) is 4.79. The Balaban J connectivity index is 2.13. The fraction of sp³-hybridized carbons (Fsp3) is 0.357. The van der Waals surface area contributed by atoms with Crippen LogP contribution in [0.3, 0.4) is 0 Å². The Morgan fingerprint density at radius 3 is 2.10 bits per heavy atom. The van der Waals surface area contributed by atoms with Crippen LogP contribution in [0.1, 0.15) is 19.4 Å². The highest BCUT2D eigenvalue weighted by atomic mass is 31.2. The quantitative estimate of drug-likeness (QED) is 0.731. The number of hydrogen-bond donors (Lipinski definition) is 0. The molecule has 1 aromatic heterocycles. The standard InChI is InChI=1S/C14H18N3O3P/c1-3-19-21(18,20-4-2)9-12-5-7-13(8-6-12)14-16-10-15-11-17-14/h5-8,10-11H,3-4,9H2,1-2H3. The van der Waals surface area contributed by atoms with E-state index in [1.807, 2.05) is 24.3 Å². The molecule has 7 heteroatoms. The maximum atomic E-state index is 12.5. The Morgan fingerprint density at radius 1 is 1.00 bits per heavy atom. The highest BCUT2D eigenvalue weighted by Crippen LogP contribution is 2.51. The Kier molecular flexibility index (Phi) is 5.56. The van der Waals surface area contributed by atoms with E-state index < -0.39 is 7.60 Å². The third-order valence-electron chi connectivity index (χ3n) is 2.73. The molecule has 0 atom stereocenters. The maximum Gasteiger partial charge on any atom is 0.335 e. The van der Waals surface area contributed by atoms with Crippen molar-refractivity contribution in [3.05, 3.63) is 42.5 Å². The van der Waals surface area contributed by atoms with Gasteiger partial charge in [-0.3, -0.25) is 4.57 Å². The van der Waals surface area contributed by atoms with Gasteiger partial charge in [0.05, 0.1) is 19.4 Å². The van der Waals surface area contributed by atoms with Gasteiger partial charge in [-0.15, -0.1) is 0 Å². The van der Waals surface area contributed by atoms with E-state index in [2.05, 4.69) is 15.0 Å². The van der Waals surface area contributed by atoms with Gasteiger partial charge in [-0.25, -0.2) is 15.0 Å². The van der Waals surface area contributed by atoms with Crippen LogP contribution in [0.4, 0.5) is 0 Å². The zero-order valence-corrected chi connectivity index (χ0v) is 13.0. The van der Waals surface area contributed by atoms with Gasteiger partial charge in [0.15, 0.2) is 5.82 Å². The molecule has 1 heterocycles. The average molecular weight is 307 g/mol. The lowest BCUT2D eigenvalue weighted by atomic mass is 10.1. The maximum absolute atomic E-state index is 12.5. The lowest BCUT2D eigenvalue weighted by molar-refractivity contribution is 0.219. The largest absolute Gasteiger partial charge is 0.335 e. The lowest BCUT2D eigenvalue weighted by Crippen LogP contribution is -1.99. The summed E-state index contributed by atoms with van der Waals surface area (Å²) in [5.41, 5.74) is 1.77. The Morgan fingerprint density at radius 2 is 1.57 bits per heavy atom. The van der Waals surface area contributed by atoms with Gasteiger partial charge in [-0.2, -0.15) is 0 Å². The molecule has 0 unspecified atom stereocenters. The molecule has 0 aliphatic heterocycles. The van der Waals surface area contributed by atoms with Gasteiger partial charge in [0.1, 0.15) is 12.7 Å². The van der Waals surface area contributed by atoms with Crippen molar-refractivity contribution in [3.8, 4) is 11.4 Å². The number of aromatic nitrogens is 3. The van der Waals surface area contributed by atoms with Crippen LogP contribution in [0, 0.1) is 0 Å². The van der Waals surface area contributed by atoms with Crippen LogP contribution in [-0.2, 0) is 19.8 Å². The summed E-state index contributed by atoms with van der Waals surface area (Å²) in [7, 11) is -3.07. The molecule has 0 saturated carbocycles. The first-order chi connectivity index (χ1) is 10.2. The molecule has 0 aliphatic carbocycles. The first-order valence-corrected chi connectivity index (χ1v) is 8.49. The molecule has 0 spiro atoms. The molecule has 2 rings (SSSR count). The van der Waals surface area contributed by atoms with E-state index in [4.69, 9.17) is 9.05 Å². The monoisotopic (exact) mass is 307 g/mol. The van der Waals surface area contributed by atoms with Crippen molar-refractivity contribution >= 4 is 7.60 Å². The second-order valence-corrected chi connectivity index (χ2v) is 6.32. The second kappa shape index (κ2) is 7.41. The van der Waals surface area contributed by atoms with Gasteiger partial charge < -0.3 is 9.05 Å². The first kappa shape index (κ1) is 15.8. The van der Waals surface area contributed by atoms with Crippen molar-refractivity contribution in [3.63, 3.8) is 0 Å². The minimum absolute atomic E-state index is 0.256. The van der Waals surface area contributed by atoms with Crippen LogP contribution in [0.15, 0.2) is 36.9 Å². The molecule has 0 amide bonds. The molecular formula is C14H18N3O3P. The molecule has 0 aliphatic rings. The Bertz CT molecular complexity index is 595. The van der Waals surface area contributed by atoms with Crippen molar-refractivity contribution in [1.82, 2.24) is 15.0 Å². The predicted octanol–water partition coefficient (Wildman–Crippen LogP) is 3.30. The highest BCUT2D eigenvalue weighted by molar-refractivity contribution is 7.53. The summed E-state index contributed by atoms with van der Waals surface area (Å²) in [6.07, 6.45) is 3.16. The predicted molar refractivity (Wildman–Crippen MR) is 79.8 cm³/mol. The summed E-state index contributed by atoms with van der Waals surface area (Å²) in [6, 6.07) is 7.52. The van der Waals surface area contributed by atoms with Crippen molar-refractivity contribution in [1.29, 1.82) is 0 Å². The van der Waals surface area contributed by atoms with Crippen molar-refractivity contribution in [2.45, 2.75) is 20.0 Å². The summed E-state index contributed by atoms with van der Waals surface area (Å²) in [5.74, 6) is 0.606. The SMILES string of the molecule is CCOP(=O)(Cc1ccc(-c2ncncn2)cc1)OCC. The smallest absolute Gasteiger partial charge is 0.309 e. The minimum atomic E-state index is -3.07. The highest BCUT2D eigenvalue weighted by Gasteiger charge is 2.23. The van der Waals surface area contributed by atoms with Gasteiger partial charge in [0.2, 0.25) is 0 Å². The second-order valence-electron chi connectivity index (χ2n) is 4.26. The normalized spacial score (nSPS) is 11.5. The van der Waals surface area contributed by atoms with Gasteiger partial charge in [-0.05, 0) is 19.4 Å².